The van der Waals surface area contributed by atoms with Gasteiger partial charge in [0.15, 0.2) is 0 Å². The Labute approximate surface area is 177 Å². The average Bonchev–Trinajstić information content (AvgIpc) is 3.13. The Morgan fingerprint density at radius 2 is 1.47 bits per heavy atom. The molecule has 6 nitrogen and oxygen atoms in total. The van der Waals surface area contributed by atoms with Crippen LogP contribution in [0, 0.1) is 13.8 Å². The third-order valence-corrected chi connectivity index (χ3v) is 5.00. The predicted octanol–water partition coefficient (Wildman–Crippen LogP) is 3.38. The van der Waals surface area contributed by atoms with Crippen molar-refractivity contribution in [2.45, 2.75) is 20.4 Å². The molecule has 2 aromatic carbocycles. The van der Waals surface area contributed by atoms with E-state index in [1.165, 1.54) is 15.4 Å². The standard InChI is InChI=1S/C24H28N4O2/c1-17-6-10-19(11-7-17)14-28-15-21(24(30)27(5)16-22(29)26(3)4)23(25-28)20-12-8-18(2)9-13-20/h6-13,15H,14,16H2,1-5H3. The lowest BCUT2D eigenvalue weighted by atomic mass is 10.1. The summed E-state index contributed by atoms with van der Waals surface area (Å²) in [7, 11) is 5.00. The van der Waals surface area contributed by atoms with Crippen molar-refractivity contribution in [1.29, 1.82) is 0 Å². The van der Waals surface area contributed by atoms with E-state index in [2.05, 4.69) is 31.2 Å². The number of amides is 2. The van der Waals surface area contributed by atoms with Crippen molar-refractivity contribution < 1.29 is 9.59 Å². The fraction of sp³-hybridized carbons (Fsp3) is 0.292. The van der Waals surface area contributed by atoms with E-state index in [4.69, 9.17) is 5.10 Å². The highest BCUT2D eigenvalue weighted by Crippen LogP contribution is 2.24. The minimum absolute atomic E-state index is 0.0162. The number of carbonyl (C=O) groups is 2. The van der Waals surface area contributed by atoms with Crippen LogP contribution in [0.2, 0.25) is 0 Å². The Kier molecular flexibility index (Phi) is 6.35. The number of carbonyl (C=O) groups excluding carboxylic acids is 2. The van der Waals surface area contributed by atoms with Gasteiger partial charge >= 0.3 is 0 Å². The van der Waals surface area contributed by atoms with Crippen LogP contribution < -0.4 is 0 Å². The van der Waals surface area contributed by atoms with E-state index in [9.17, 15) is 9.59 Å². The van der Waals surface area contributed by atoms with Crippen molar-refractivity contribution >= 4 is 11.8 Å². The van der Waals surface area contributed by atoms with E-state index in [-0.39, 0.29) is 18.4 Å². The zero-order valence-corrected chi connectivity index (χ0v) is 18.2. The molecule has 0 aliphatic rings. The summed E-state index contributed by atoms with van der Waals surface area (Å²) in [5.41, 5.74) is 5.42. The quantitative estimate of drug-likeness (QED) is 0.633. The fourth-order valence-electron chi connectivity index (χ4n) is 3.09. The second kappa shape index (κ2) is 8.95. The molecule has 156 valence electrons. The fourth-order valence-corrected chi connectivity index (χ4v) is 3.09. The van der Waals surface area contributed by atoms with E-state index >= 15 is 0 Å². The SMILES string of the molecule is Cc1ccc(Cn2cc(C(=O)N(C)CC(=O)N(C)C)c(-c3ccc(C)cc3)n2)cc1. The largest absolute Gasteiger partial charge is 0.347 e. The van der Waals surface area contributed by atoms with E-state index in [1.54, 1.807) is 32.0 Å². The summed E-state index contributed by atoms with van der Waals surface area (Å²) in [6, 6.07) is 16.2. The Balaban J connectivity index is 1.95. The van der Waals surface area contributed by atoms with Crippen molar-refractivity contribution in [3.05, 3.63) is 77.0 Å². The van der Waals surface area contributed by atoms with Crippen LogP contribution in [0.25, 0.3) is 11.3 Å². The molecule has 0 radical (unpaired) electrons. The lowest BCUT2D eigenvalue weighted by molar-refractivity contribution is -0.129. The number of aromatic nitrogens is 2. The van der Waals surface area contributed by atoms with Gasteiger partial charge in [-0.2, -0.15) is 5.10 Å². The van der Waals surface area contributed by atoms with Gasteiger partial charge in [-0.1, -0.05) is 59.7 Å². The maximum Gasteiger partial charge on any atom is 0.257 e. The van der Waals surface area contributed by atoms with Crippen LogP contribution in [-0.4, -0.2) is 59.1 Å². The van der Waals surface area contributed by atoms with Gasteiger partial charge in [-0.3, -0.25) is 14.3 Å². The number of hydrogen-bond acceptors (Lipinski definition) is 3. The number of hydrogen-bond donors (Lipinski definition) is 0. The molecular formula is C24H28N4O2. The van der Waals surface area contributed by atoms with Crippen LogP contribution in [0.4, 0.5) is 0 Å². The first-order valence-corrected chi connectivity index (χ1v) is 9.90. The first-order valence-electron chi connectivity index (χ1n) is 9.90. The molecule has 0 N–H and O–H groups in total. The van der Waals surface area contributed by atoms with E-state index in [1.807, 2.05) is 31.2 Å². The summed E-state index contributed by atoms with van der Waals surface area (Å²) in [6.07, 6.45) is 1.77. The lowest BCUT2D eigenvalue weighted by Gasteiger charge is -2.19. The molecule has 0 unspecified atom stereocenters. The van der Waals surface area contributed by atoms with Crippen molar-refractivity contribution in [2.24, 2.45) is 0 Å². The predicted molar refractivity (Wildman–Crippen MR) is 118 cm³/mol. The monoisotopic (exact) mass is 404 g/mol. The number of benzene rings is 2. The molecule has 30 heavy (non-hydrogen) atoms. The van der Waals surface area contributed by atoms with Gasteiger partial charge in [-0.15, -0.1) is 0 Å². The molecule has 0 atom stereocenters. The van der Waals surface area contributed by atoms with Crippen LogP contribution >= 0.6 is 0 Å². The zero-order valence-electron chi connectivity index (χ0n) is 18.2. The molecule has 0 fully saturated rings. The van der Waals surface area contributed by atoms with Crippen molar-refractivity contribution in [3.63, 3.8) is 0 Å². The molecule has 0 aliphatic carbocycles. The number of rotatable bonds is 6. The van der Waals surface area contributed by atoms with Gasteiger partial charge in [-0.25, -0.2) is 0 Å². The first kappa shape index (κ1) is 21.3. The van der Waals surface area contributed by atoms with Gasteiger partial charge in [0.05, 0.1) is 18.7 Å². The van der Waals surface area contributed by atoms with Crippen molar-refractivity contribution in [3.8, 4) is 11.3 Å². The maximum absolute atomic E-state index is 13.2. The molecule has 1 heterocycles. The molecule has 3 aromatic rings. The molecule has 3 rings (SSSR count). The molecular weight excluding hydrogens is 376 g/mol. The molecule has 0 saturated carbocycles. The Morgan fingerprint density at radius 1 is 0.900 bits per heavy atom. The molecule has 0 aliphatic heterocycles. The summed E-state index contributed by atoms with van der Waals surface area (Å²) in [5.74, 6) is -0.356. The molecule has 0 bridgehead atoms. The maximum atomic E-state index is 13.2. The van der Waals surface area contributed by atoms with Crippen LogP contribution in [0.15, 0.2) is 54.7 Å². The lowest BCUT2D eigenvalue weighted by Crippen LogP contribution is -2.37. The molecule has 2 amide bonds. The van der Waals surface area contributed by atoms with Gasteiger partial charge < -0.3 is 9.80 Å². The molecule has 6 heteroatoms. The summed E-state index contributed by atoms with van der Waals surface area (Å²) in [4.78, 5) is 28.2. The summed E-state index contributed by atoms with van der Waals surface area (Å²) < 4.78 is 1.79. The minimum Gasteiger partial charge on any atom is -0.347 e. The van der Waals surface area contributed by atoms with Crippen LogP contribution in [-0.2, 0) is 11.3 Å². The first-order chi connectivity index (χ1) is 14.2. The van der Waals surface area contributed by atoms with Gasteiger partial charge in [0.25, 0.3) is 5.91 Å². The third kappa shape index (κ3) is 4.95. The average molecular weight is 405 g/mol. The molecule has 0 spiro atoms. The highest BCUT2D eigenvalue weighted by Gasteiger charge is 2.23. The van der Waals surface area contributed by atoms with E-state index < -0.39 is 0 Å². The van der Waals surface area contributed by atoms with Gasteiger partial charge in [0.1, 0.15) is 5.69 Å². The van der Waals surface area contributed by atoms with Crippen molar-refractivity contribution in [2.75, 3.05) is 27.7 Å². The molecule has 0 saturated heterocycles. The smallest absolute Gasteiger partial charge is 0.257 e. The van der Waals surface area contributed by atoms with Crippen LogP contribution in [0.5, 0.6) is 0 Å². The van der Waals surface area contributed by atoms with Gasteiger partial charge in [0, 0.05) is 32.9 Å². The normalized spacial score (nSPS) is 10.7. The third-order valence-electron chi connectivity index (χ3n) is 5.00. The summed E-state index contributed by atoms with van der Waals surface area (Å²) >= 11 is 0. The second-order valence-electron chi connectivity index (χ2n) is 7.89. The van der Waals surface area contributed by atoms with Gasteiger partial charge in [0.2, 0.25) is 5.91 Å². The Hall–Kier alpha value is -3.41. The topological polar surface area (TPSA) is 58.4 Å². The molecule has 1 aromatic heterocycles. The Bertz CT molecular complexity index is 1030. The van der Waals surface area contributed by atoms with E-state index in [0.29, 0.717) is 17.8 Å². The van der Waals surface area contributed by atoms with Gasteiger partial charge in [-0.05, 0) is 19.4 Å². The highest BCUT2D eigenvalue weighted by molar-refractivity contribution is 6.01. The summed E-state index contributed by atoms with van der Waals surface area (Å²) in [6.45, 7) is 4.65. The zero-order chi connectivity index (χ0) is 21.8. The van der Waals surface area contributed by atoms with E-state index in [0.717, 1.165) is 16.7 Å². The second-order valence-corrected chi connectivity index (χ2v) is 7.89. The van der Waals surface area contributed by atoms with Crippen LogP contribution in [0.3, 0.4) is 0 Å². The minimum atomic E-state index is -0.226. The summed E-state index contributed by atoms with van der Waals surface area (Å²) in [5, 5.41) is 4.72. The number of nitrogens with zero attached hydrogens (tertiary/aromatic N) is 4. The van der Waals surface area contributed by atoms with Crippen LogP contribution in [0.1, 0.15) is 27.0 Å². The highest BCUT2D eigenvalue weighted by atomic mass is 16.2. The Morgan fingerprint density at radius 3 is 2.03 bits per heavy atom. The number of likely N-dealkylation sites (N-methyl/N-ethyl adjacent to an activating group) is 2. The number of aryl methyl sites for hydroxylation is 2. The van der Waals surface area contributed by atoms with Crippen molar-refractivity contribution in [1.82, 2.24) is 19.6 Å².